The van der Waals surface area contributed by atoms with Crippen LogP contribution in [0.4, 0.5) is 5.69 Å². The Bertz CT molecular complexity index is 1070. The highest BCUT2D eigenvalue weighted by Crippen LogP contribution is 2.45. The van der Waals surface area contributed by atoms with Crippen LogP contribution in [-0.2, 0) is 16.1 Å². The van der Waals surface area contributed by atoms with Crippen LogP contribution in [0.2, 0.25) is 5.02 Å². The predicted molar refractivity (Wildman–Crippen MR) is 123 cm³/mol. The molecule has 0 saturated carbocycles. The van der Waals surface area contributed by atoms with Crippen molar-refractivity contribution in [1.82, 2.24) is 4.90 Å². The Kier molecular flexibility index (Phi) is 5.51. The third kappa shape index (κ3) is 3.39. The average molecular weight is 443 g/mol. The Morgan fingerprint density at radius 1 is 1.07 bits per heavy atom. The number of thioether (sulfide) groups is 1. The van der Waals surface area contributed by atoms with Gasteiger partial charge < -0.3 is 4.90 Å². The monoisotopic (exact) mass is 442 g/mol. The first kappa shape index (κ1) is 20.1. The zero-order valence-corrected chi connectivity index (χ0v) is 18.4. The van der Waals surface area contributed by atoms with Crippen LogP contribution in [0.5, 0.6) is 0 Å². The second-order valence-electron chi connectivity index (χ2n) is 7.00. The molecular weight excluding hydrogens is 424 g/mol. The molecule has 2 aromatic carbocycles. The first-order chi connectivity index (χ1) is 13.9. The molecule has 1 atom stereocenters. The number of carbonyl (C=O) groups excluding carboxylic acids is 2. The number of benzene rings is 2. The van der Waals surface area contributed by atoms with E-state index in [0.29, 0.717) is 26.4 Å². The second kappa shape index (κ2) is 7.94. The zero-order valence-electron chi connectivity index (χ0n) is 16.0. The molecule has 7 heteroatoms. The number of rotatable bonds is 4. The molecule has 2 amide bonds. The molecule has 0 N–H and O–H groups in total. The summed E-state index contributed by atoms with van der Waals surface area (Å²) in [4.78, 5) is 30.3. The maximum Gasteiger partial charge on any atom is 0.267 e. The molecule has 2 aliphatic heterocycles. The van der Waals surface area contributed by atoms with Gasteiger partial charge in [-0.05, 0) is 31.0 Å². The summed E-state index contributed by atoms with van der Waals surface area (Å²) in [6, 6.07) is 15.0. The lowest BCUT2D eigenvalue weighted by molar-refractivity contribution is -0.123. The fraction of sp³-hybridized carbons (Fsp3) is 0.227. The molecule has 148 valence electrons. The minimum atomic E-state index is -0.198. The Hall–Kier alpha value is -2.15. The SMILES string of the molecule is CC[C@H](C)N1C(=O)/C(=C2/C(=O)N(Cc3ccccc3Cl)c3ccccc32)SC1=S. The van der Waals surface area contributed by atoms with Gasteiger partial charge in [-0.25, -0.2) is 0 Å². The molecule has 0 aliphatic carbocycles. The molecule has 2 heterocycles. The third-order valence-corrected chi connectivity index (χ3v) is 7.04. The van der Waals surface area contributed by atoms with E-state index in [0.717, 1.165) is 23.2 Å². The summed E-state index contributed by atoms with van der Waals surface area (Å²) < 4.78 is 0.502. The number of anilines is 1. The van der Waals surface area contributed by atoms with E-state index in [2.05, 4.69) is 0 Å². The third-order valence-electron chi connectivity index (χ3n) is 5.27. The van der Waals surface area contributed by atoms with Crippen LogP contribution in [0.3, 0.4) is 0 Å². The van der Waals surface area contributed by atoms with Gasteiger partial charge in [-0.15, -0.1) is 0 Å². The average Bonchev–Trinajstić information content (AvgIpc) is 3.16. The summed E-state index contributed by atoms with van der Waals surface area (Å²) in [5.74, 6) is -0.386. The quantitative estimate of drug-likeness (QED) is 0.478. The molecule has 1 fully saturated rings. The predicted octanol–water partition coefficient (Wildman–Crippen LogP) is 5.26. The molecular formula is C22H19ClN2O2S2. The van der Waals surface area contributed by atoms with Gasteiger partial charge in [0.25, 0.3) is 11.8 Å². The minimum Gasteiger partial charge on any atom is -0.303 e. The van der Waals surface area contributed by atoms with Gasteiger partial charge in [-0.1, -0.05) is 78.9 Å². The lowest BCUT2D eigenvalue weighted by Gasteiger charge is -2.21. The maximum atomic E-state index is 13.5. The van der Waals surface area contributed by atoms with E-state index in [4.69, 9.17) is 23.8 Å². The molecule has 0 spiro atoms. The zero-order chi connectivity index (χ0) is 20.7. The normalized spacial score (nSPS) is 19.9. The van der Waals surface area contributed by atoms with E-state index in [1.807, 2.05) is 62.4 Å². The number of fused-ring (bicyclic) bond motifs is 1. The van der Waals surface area contributed by atoms with Crippen molar-refractivity contribution in [2.45, 2.75) is 32.9 Å². The fourth-order valence-electron chi connectivity index (χ4n) is 3.55. The molecule has 29 heavy (non-hydrogen) atoms. The van der Waals surface area contributed by atoms with Crippen LogP contribution in [0.1, 0.15) is 31.4 Å². The number of amides is 2. The number of para-hydroxylation sites is 1. The molecule has 4 rings (SSSR count). The molecule has 4 nitrogen and oxygen atoms in total. The van der Waals surface area contributed by atoms with Crippen molar-refractivity contribution >= 4 is 63.0 Å². The van der Waals surface area contributed by atoms with Crippen molar-refractivity contribution < 1.29 is 9.59 Å². The molecule has 2 aliphatic rings. The van der Waals surface area contributed by atoms with Crippen LogP contribution in [-0.4, -0.2) is 27.1 Å². The first-order valence-electron chi connectivity index (χ1n) is 9.38. The fourth-order valence-corrected chi connectivity index (χ4v) is 5.28. The largest absolute Gasteiger partial charge is 0.303 e. The summed E-state index contributed by atoms with van der Waals surface area (Å²) in [5.41, 5.74) is 2.82. The Labute approximate surface area is 184 Å². The second-order valence-corrected chi connectivity index (χ2v) is 9.06. The lowest BCUT2D eigenvalue weighted by atomic mass is 10.1. The van der Waals surface area contributed by atoms with Crippen molar-refractivity contribution in [2.75, 3.05) is 4.90 Å². The first-order valence-corrected chi connectivity index (χ1v) is 11.0. The molecule has 0 unspecified atom stereocenters. The topological polar surface area (TPSA) is 40.6 Å². The Balaban J connectivity index is 1.79. The van der Waals surface area contributed by atoms with Crippen LogP contribution in [0.25, 0.3) is 5.57 Å². The van der Waals surface area contributed by atoms with E-state index < -0.39 is 0 Å². The molecule has 2 aromatic rings. The van der Waals surface area contributed by atoms with E-state index in [-0.39, 0.29) is 17.9 Å². The summed E-state index contributed by atoms with van der Waals surface area (Å²) in [6.07, 6.45) is 0.790. The van der Waals surface area contributed by atoms with Crippen molar-refractivity contribution in [2.24, 2.45) is 0 Å². The van der Waals surface area contributed by atoms with Gasteiger partial charge in [0.1, 0.15) is 4.32 Å². The van der Waals surface area contributed by atoms with Gasteiger partial charge in [0, 0.05) is 16.6 Å². The van der Waals surface area contributed by atoms with E-state index >= 15 is 0 Å². The summed E-state index contributed by atoms with van der Waals surface area (Å²) in [5, 5.41) is 0.606. The Morgan fingerprint density at radius 2 is 1.76 bits per heavy atom. The number of hydrogen-bond donors (Lipinski definition) is 0. The minimum absolute atomic E-state index is 0.00780. The molecule has 1 saturated heterocycles. The van der Waals surface area contributed by atoms with E-state index in [1.54, 1.807) is 9.80 Å². The van der Waals surface area contributed by atoms with Gasteiger partial charge in [0.15, 0.2) is 0 Å². The highest BCUT2D eigenvalue weighted by molar-refractivity contribution is 8.26. The lowest BCUT2D eigenvalue weighted by Crippen LogP contribution is -2.36. The number of hydrogen-bond acceptors (Lipinski definition) is 4. The standard InChI is InChI=1S/C22H19ClN2O2S2/c1-3-13(2)25-21(27)19(29-22(25)28)18-15-9-5-7-11-17(15)24(20(18)26)12-14-8-4-6-10-16(14)23/h4-11,13H,3,12H2,1-2H3/b19-18-/t13-/m0/s1. The van der Waals surface area contributed by atoms with Crippen LogP contribution >= 0.6 is 35.6 Å². The van der Waals surface area contributed by atoms with Gasteiger partial charge in [0.2, 0.25) is 0 Å². The van der Waals surface area contributed by atoms with Crippen molar-refractivity contribution in [3.8, 4) is 0 Å². The maximum absolute atomic E-state index is 13.5. The van der Waals surface area contributed by atoms with Crippen LogP contribution in [0, 0.1) is 0 Å². The number of halogens is 1. The van der Waals surface area contributed by atoms with Crippen molar-refractivity contribution in [3.05, 3.63) is 69.6 Å². The Morgan fingerprint density at radius 3 is 2.48 bits per heavy atom. The van der Waals surface area contributed by atoms with Crippen molar-refractivity contribution in [1.29, 1.82) is 0 Å². The summed E-state index contributed by atoms with van der Waals surface area (Å²) in [6.45, 7) is 4.31. The number of thiocarbonyl (C=S) groups is 1. The molecule has 0 radical (unpaired) electrons. The molecule has 0 aromatic heterocycles. The molecule has 0 bridgehead atoms. The highest BCUT2D eigenvalue weighted by atomic mass is 35.5. The smallest absolute Gasteiger partial charge is 0.267 e. The van der Waals surface area contributed by atoms with Gasteiger partial charge in [0.05, 0.1) is 22.7 Å². The van der Waals surface area contributed by atoms with E-state index in [9.17, 15) is 9.59 Å². The van der Waals surface area contributed by atoms with Crippen LogP contribution in [0.15, 0.2) is 53.4 Å². The number of carbonyl (C=O) groups is 2. The van der Waals surface area contributed by atoms with Gasteiger partial charge in [-0.3, -0.25) is 14.5 Å². The summed E-state index contributed by atoms with van der Waals surface area (Å²) >= 11 is 13.0. The number of nitrogens with zero attached hydrogens (tertiary/aromatic N) is 2. The van der Waals surface area contributed by atoms with Gasteiger partial charge >= 0.3 is 0 Å². The van der Waals surface area contributed by atoms with Gasteiger partial charge in [-0.2, -0.15) is 0 Å². The van der Waals surface area contributed by atoms with Crippen molar-refractivity contribution in [3.63, 3.8) is 0 Å². The highest BCUT2D eigenvalue weighted by Gasteiger charge is 2.43. The van der Waals surface area contributed by atoms with E-state index in [1.165, 1.54) is 11.8 Å². The summed E-state index contributed by atoms with van der Waals surface area (Å²) in [7, 11) is 0. The van der Waals surface area contributed by atoms with Crippen LogP contribution < -0.4 is 4.90 Å².